The van der Waals surface area contributed by atoms with Gasteiger partial charge in [-0.2, -0.15) is 5.10 Å². The summed E-state index contributed by atoms with van der Waals surface area (Å²) < 4.78 is 7.17. The van der Waals surface area contributed by atoms with Gasteiger partial charge in [-0.25, -0.2) is 0 Å². The Morgan fingerprint density at radius 1 is 1.21 bits per heavy atom. The average Bonchev–Trinajstić information content (AvgIpc) is 3.32. The summed E-state index contributed by atoms with van der Waals surface area (Å²) in [6, 6.07) is 7.43. The average molecular weight is 530 g/mol. The minimum atomic E-state index is -0.354. The molecule has 3 heterocycles. The highest BCUT2D eigenvalue weighted by Crippen LogP contribution is 2.36. The second kappa shape index (κ2) is 10.3. The number of carbonyl (C=O) groups is 1. The van der Waals surface area contributed by atoms with Gasteiger partial charge in [0, 0.05) is 37.7 Å². The molecule has 4 rings (SSSR count). The molecular formula is C23H24Cl4N4O2. The van der Waals surface area contributed by atoms with E-state index >= 15 is 0 Å². The third-order valence-corrected chi connectivity index (χ3v) is 7.33. The third-order valence-electron chi connectivity index (χ3n) is 6.04. The molecule has 10 heteroatoms. The van der Waals surface area contributed by atoms with Crippen molar-refractivity contribution in [3.8, 4) is 11.3 Å². The van der Waals surface area contributed by atoms with E-state index in [-0.39, 0.29) is 28.8 Å². The van der Waals surface area contributed by atoms with Crippen molar-refractivity contribution in [2.75, 3.05) is 6.54 Å². The molecule has 1 unspecified atom stereocenters. The maximum Gasteiger partial charge on any atom is 0.287 e. The highest BCUT2D eigenvalue weighted by atomic mass is 35.5. The molecule has 3 aromatic rings. The summed E-state index contributed by atoms with van der Waals surface area (Å²) in [4.78, 5) is 13.1. The molecule has 0 spiro atoms. The van der Waals surface area contributed by atoms with E-state index in [0.717, 1.165) is 24.8 Å². The van der Waals surface area contributed by atoms with Crippen LogP contribution in [0.5, 0.6) is 0 Å². The van der Waals surface area contributed by atoms with E-state index in [0.29, 0.717) is 38.9 Å². The second-order valence-corrected chi connectivity index (χ2v) is 9.82. The lowest BCUT2D eigenvalue weighted by Crippen LogP contribution is -2.53. The zero-order chi connectivity index (χ0) is 23.7. The molecular weight excluding hydrogens is 506 g/mol. The van der Waals surface area contributed by atoms with Gasteiger partial charge >= 0.3 is 0 Å². The van der Waals surface area contributed by atoms with Crippen LogP contribution in [-0.4, -0.2) is 34.3 Å². The molecule has 6 nitrogen and oxygen atoms in total. The van der Waals surface area contributed by atoms with Gasteiger partial charge in [0.1, 0.15) is 0 Å². The van der Waals surface area contributed by atoms with Gasteiger partial charge in [-0.1, -0.05) is 54.2 Å². The van der Waals surface area contributed by atoms with E-state index in [9.17, 15) is 4.79 Å². The zero-order valence-corrected chi connectivity index (χ0v) is 21.2. The normalized spacial score (nSPS) is 20.7. The van der Waals surface area contributed by atoms with Crippen molar-refractivity contribution in [1.29, 1.82) is 0 Å². The van der Waals surface area contributed by atoms with Crippen molar-refractivity contribution in [3.05, 3.63) is 62.1 Å². The highest BCUT2D eigenvalue weighted by Gasteiger charge is 2.33. The summed E-state index contributed by atoms with van der Waals surface area (Å²) in [7, 11) is 1.74. The lowest BCUT2D eigenvalue weighted by molar-refractivity contribution is 0.0890. The minimum absolute atomic E-state index is 0.0675. The van der Waals surface area contributed by atoms with Crippen LogP contribution in [-0.2, 0) is 7.05 Å². The van der Waals surface area contributed by atoms with Gasteiger partial charge < -0.3 is 15.1 Å². The van der Waals surface area contributed by atoms with Crippen LogP contribution in [0.25, 0.3) is 11.3 Å². The number of amides is 1. The van der Waals surface area contributed by atoms with Crippen molar-refractivity contribution < 1.29 is 9.21 Å². The fourth-order valence-corrected chi connectivity index (χ4v) is 5.22. The molecule has 1 saturated heterocycles. The van der Waals surface area contributed by atoms with Gasteiger partial charge in [-0.3, -0.25) is 9.48 Å². The number of hydrogen-bond acceptors (Lipinski definition) is 4. The van der Waals surface area contributed by atoms with E-state index in [1.807, 2.05) is 12.1 Å². The molecule has 1 fully saturated rings. The molecule has 0 radical (unpaired) electrons. The first kappa shape index (κ1) is 24.4. The third kappa shape index (κ3) is 5.20. The summed E-state index contributed by atoms with van der Waals surface area (Å²) in [6.07, 6.45) is 4.52. The van der Waals surface area contributed by atoms with Crippen molar-refractivity contribution in [2.24, 2.45) is 7.05 Å². The predicted molar refractivity (Wildman–Crippen MR) is 133 cm³/mol. The first-order valence-electron chi connectivity index (χ1n) is 10.7. The highest BCUT2D eigenvalue weighted by molar-refractivity contribution is 6.42. The van der Waals surface area contributed by atoms with Crippen molar-refractivity contribution >= 4 is 52.3 Å². The number of hydrogen-bond donors (Lipinski definition) is 2. The Labute approximate surface area is 212 Å². The molecule has 1 aliphatic heterocycles. The standard InChI is InChI=1S/C23H24Cl4N4O2/c1-3-4-13-8-14(12-5-6-16(24)17(25)7-12)19(11-28-13)30-23(32)20-9-15(22(27)33-20)21-18(26)10-29-31(21)2/h5-7,9-10,13-14,19,28H,3-4,8,11H2,1-2H3,(H,30,32)/t13?,14-,19+/m0/s1. The maximum absolute atomic E-state index is 13.1. The summed E-state index contributed by atoms with van der Waals surface area (Å²) in [6.45, 7) is 2.78. The zero-order valence-electron chi connectivity index (χ0n) is 18.2. The molecule has 2 aromatic heterocycles. The summed E-state index contributed by atoms with van der Waals surface area (Å²) >= 11 is 24.9. The number of rotatable bonds is 6. The number of halogens is 4. The number of benzene rings is 1. The lowest BCUT2D eigenvalue weighted by Gasteiger charge is -2.38. The van der Waals surface area contributed by atoms with Gasteiger partial charge in [0.2, 0.25) is 5.22 Å². The molecule has 176 valence electrons. The van der Waals surface area contributed by atoms with E-state index in [1.165, 1.54) is 6.20 Å². The van der Waals surface area contributed by atoms with Crippen LogP contribution in [0.3, 0.4) is 0 Å². The smallest absolute Gasteiger partial charge is 0.287 e. The predicted octanol–water partition coefficient (Wildman–Crippen LogP) is 6.34. The Bertz CT molecular complexity index is 1140. The number of nitrogens with one attached hydrogen (secondary N) is 2. The molecule has 1 amide bonds. The van der Waals surface area contributed by atoms with E-state index in [4.69, 9.17) is 50.8 Å². The summed E-state index contributed by atoms with van der Waals surface area (Å²) in [5, 5.41) is 12.3. The van der Waals surface area contributed by atoms with Crippen molar-refractivity contribution in [3.63, 3.8) is 0 Å². The Morgan fingerprint density at radius 2 is 2.00 bits per heavy atom. The largest absolute Gasteiger partial charge is 0.439 e. The molecule has 1 aromatic carbocycles. The van der Waals surface area contributed by atoms with Crippen LogP contribution >= 0.6 is 46.4 Å². The Morgan fingerprint density at radius 3 is 2.67 bits per heavy atom. The Kier molecular flexibility index (Phi) is 7.61. The van der Waals surface area contributed by atoms with Gasteiger partial charge in [0.25, 0.3) is 5.91 Å². The molecule has 0 saturated carbocycles. The number of aryl methyl sites for hydroxylation is 1. The Balaban J connectivity index is 1.58. The van der Waals surface area contributed by atoms with Crippen molar-refractivity contribution in [2.45, 2.75) is 44.2 Å². The van der Waals surface area contributed by atoms with Gasteiger partial charge in [-0.05, 0) is 42.1 Å². The monoisotopic (exact) mass is 528 g/mol. The quantitative estimate of drug-likeness (QED) is 0.391. The number of carbonyl (C=O) groups excluding carboxylic acids is 1. The molecule has 2 N–H and O–H groups in total. The number of nitrogens with zero attached hydrogens (tertiary/aromatic N) is 2. The van der Waals surface area contributed by atoms with Crippen LogP contribution in [0, 0.1) is 0 Å². The number of furan rings is 1. The molecule has 1 aliphatic rings. The van der Waals surface area contributed by atoms with E-state index < -0.39 is 0 Å². The van der Waals surface area contributed by atoms with Crippen molar-refractivity contribution in [1.82, 2.24) is 20.4 Å². The lowest BCUT2D eigenvalue weighted by atomic mass is 9.81. The van der Waals surface area contributed by atoms with Crippen LogP contribution in [0.15, 0.2) is 34.9 Å². The van der Waals surface area contributed by atoms with Crippen LogP contribution < -0.4 is 10.6 Å². The summed E-state index contributed by atoms with van der Waals surface area (Å²) in [5.41, 5.74) is 2.13. The second-order valence-electron chi connectivity index (χ2n) is 8.25. The molecule has 0 aliphatic carbocycles. The van der Waals surface area contributed by atoms with E-state index in [2.05, 4.69) is 22.7 Å². The van der Waals surface area contributed by atoms with Gasteiger partial charge in [0.05, 0.1) is 32.5 Å². The molecule has 33 heavy (non-hydrogen) atoms. The molecule has 3 atom stereocenters. The molecule has 0 bridgehead atoms. The van der Waals surface area contributed by atoms with Gasteiger partial charge in [-0.15, -0.1) is 0 Å². The first-order chi connectivity index (χ1) is 15.8. The van der Waals surface area contributed by atoms with Gasteiger partial charge in [0.15, 0.2) is 5.76 Å². The fourth-order valence-electron chi connectivity index (χ4n) is 4.42. The topological polar surface area (TPSA) is 72.1 Å². The van der Waals surface area contributed by atoms with Crippen LogP contribution in [0.2, 0.25) is 20.3 Å². The number of piperidine rings is 1. The van der Waals surface area contributed by atoms with E-state index in [1.54, 1.807) is 23.9 Å². The fraction of sp³-hybridized carbons (Fsp3) is 0.391. The summed E-state index contributed by atoms with van der Waals surface area (Å²) in [5.74, 6) is -0.180. The van der Waals surface area contributed by atoms with Crippen LogP contribution in [0.4, 0.5) is 0 Å². The number of aromatic nitrogens is 2. The Hall–Kier alpha value is -1.70. The SMILES string of the molecule is CCCC1C[C@@H](c2ccc(Cl)c(Cl)c2)[C@H](NC(=O)c2cc(-c3c(Cl)cnn3C)c(Cl)o2)CN1. The first-order valence-corrected chi connectivity index (χ1v) is 12.3. The maximum atomic E-state index is 13.1. The van der Waals surface area contributed by atoms with Crippen LogP contribution in [0.1, 0.15) is 48.2 Å². The minimum Gasteiger partial charge on any atom is -0.439 e.